The lowest BCUT2D eigenvalue weighted by Crippen LogP contribution is -2.07. The van der Waals surface area contributed by atoms with Gasteiger partial charge in [-0.1, -0.05) is 0 Å². The number of aryl methyl sites for hydroxylation is 2. The van der Waals surface area contributed by atoms with Gasteiger partial charge in [-0.05, 0) is 59.1 Å². The highest BCUT2D eigenvalue weighted by Gasteiger charge is 2.04. The Labute approximate surface area is 123 Å². The first-order chi connectivity index (χ1) is 8.74. The molecule has 0 saturated carbocycles. The van der Waals surface area contributed by atoms with Crippen LogP contribution in [0.2, 0.25) is 0 Å². The number of rotatable bonds is 3. The maximum atomic E-state index is 5.37. The van der Waals surface area contributed by atoms with Gasteiger partial charge in [0.1, 0.15) is 0 Å². The van der Waals surface area contributed by atoms with E-state index in [-0.39, 0.29) is 0 Å². The fourth-order valence-corrected chi connectivity index (χ4v) is 2.78. The fourth-order valence-electron chi connectivity index (χ4n) is 1.99. The number of hydrogen-bond acceptors (Lipinski definition) is 2. The van der Waals surface area contributed by atoms with E-state index in [1.165, 1.54) is 3.57 Å². The van der Waals surface area contributed by atoms with Crippen molar-refractivity contribution < 1.29 is 0 Å². The minimum Gasteiger partial charge on any atom is -0.331 e. The molecule has 4 nitrogen and oxygen atoms in total. The Morgan fingerprint density at radius 3 is 3.00 bits per heavy atom. The van der Waals surface area contributed by atoms with Crippen LogP contribution in [-0.2, 0) is 13.1 Å². The van der Waals surface area contributed by atoms with Gasteiger partial charge < -0.3 is 9.55 Å². The largest absolute Gasteiger partial charge is 0.331 e. The van der Waals surface area contributed by atoms with Crippen LogP contribution in [0.5, 0.6) is 0 Å². The molecule has 0 amide bonds. The molecule has 0 unspecified atom stereocenters. The molecular weight excluding hydrogens is 359 g/mol. The normalized spacial score (nSPS) is 11.2. The van der Waals surface area contributed by atoms with E-state index in [4.69, 9.17) is 12.2 Å². The molecule has 0 saturated heterocycles. The lowest BCUT2D eigenvalue weighted by atomic mass is 10.3. The van der Waals surface area contributed by atoms with E-state index in [9.17, 15) is 0 Å². The third-order valence-corrected chi connectivity index (χ3v) is 3.84. The van der Waals surface area contributed by atoms with Gasteiger partial charge >= 0.3 is 0 Å². The van der Waals surface area contributed by atoms with Gasteiger partial charge in [0.2, 0.25) is 0 Å². The average Bonchev–Trinajstić information content (AvgIpc) is 2.93. The van der Waals surface area contributed by atoms with Gasteiger partial charge in [0.15, 0.2) is 4.77 Å². The Bertz CT molecular complexity index is 726. The van der Waals surface area contributed by atoms with Crippen LogP contribution in [0.25, 0.3) is 11.0 Å². The number of halogens is 1. The molecule has 0 fully saturated rings. The molecule has 0 aliphatic rings. The van der Waals surface area contributed by atoms with Gasteiger partial charge in [-0.25, -0.2) is 0 Å². The van der Waals surface area contributed by atoms with E-state index >= 15 is 0 Å². The van der Waals surface area contributed by atoms with Crippen LogP contribution in [-0.4, -0.2) is 19.3 Å². The minimum absolute atomic E-state index is 0.763. The van der Waals surface area contributed by atoms with E-state index in [2.05, 4.69) is 55.4 Å². The zero-order chi connectivity index (χ0) is 12.5. The van der Waals surface area contributed by atoms with Crippen molar-refractivity contribution in [3.63, 3.8) is 0 Å². The first-order valence-corrected chi connectivity index (χ1v) is 7.08. The highest BCUT2D eigenvalue weighted by atomic mass is 127. The summed E-state index contributed by atoms with van der Waals surface area (Å²) in [5, 5.41) is 4.20. The second kappa shape index (κ2) is 4.85. The molecule has 92 valence electrons. The molecule has 2 aromatic heterocycles. The summed E-state index contributed by atoms with van der Waals surface area (Å²) in [6.07, 6.45) is 3.75. The van der Waals surface area contributed by atoms with E-state index in [0.29, 0.717) is 0 Å². The van der Waals surface area contributed by atoms with Gasteiger partial charge in [-0.15, -0.1) is 0 Å². The van der Waals surface area contributed by atoms with Gasteiger partial charge in [0, 0.05) is 22.5 Å². The molecule has 0 atom stereocenters. The Balaban J connectivity index is 1.96. The molecule has 1 N–H and O–H groups in total. The van der Waals surface area contributed by atoms with Crippen LogP contribution >= 0.6 is 34.8 Å². The van der Waals surface area contributed by atoms with Crippen LogP contribution in [0.15, 0.2) is 36.7 Å². The smallest absolute Gasteiger partial charge is 0.178 e. The summed E-state index contributed by atoms with van der Waals surface area (Å²) in [7, 11) is 0. The van der Waals surface area contributed by atoms with E-state index in [0.717, 1.165) is 28.9 Å². The van der Waals surface area contributed by atoms with Gasteiger partial charge in [0.05, 0.1) is 17.6 Å². The van der Waals surface area contributed by atoms with Crippen molar-refractivity contribution in [2.24, 2.45) is 0 Å². The Hall–Kier alpha value is -1.15. The number of benzene rings is 1. The van der Waals surface area contributed by atoms with Gasteiger partial charge in [-0.3, -0.25) is 4.68 Å². The summed E-state index contributed by atoms with van der Waals surface area (Å²) in [4.78, 5) is 3.24. The summed E-state index contributed by atoms with van der Waals surface area (Å²) >= 11 is 7.67. The SMILES string of the molecule is S=c1[nH]c2cc(I)ccc2n1CCn1cccn1. The number of nitrogens with zero attached hydrogens (tertiary/aromatic N) is 3. The highest BCUT2D eigenvalue weighted by molar-refractivity contribution is 14.1. The Morgan fingerprint density at radius 1 is 1.33 bits per heavy atom. The zero-order valence-corrected chi connectivity index (χ0v) is 12.5. The molecule has 6 heteroatoms. The molecule has 0 aliphatic heterocycles. The van der Waals surface area contributed by atoms with Crippen molar-refractivity contribution in [3.05, 3.63) is 45.0 Å². The van der Waals surface area contributed by atoms with Crippen LogP contribution in [0, 0.1) is 8.34 Å². The molecule has 0 aliphatic carbocycles. The topological polar surface area (TPSA) is 38.5 Å². The number of aromatic amines is 1. The predicted octanol–water partition coefficient (Wildman–Crippen LogP) is 3.20. The molecule has 0 bridgehead atoms. The van der Waals surface area contributed by atoms with E-state index < -0.39 is 0 Å². The van der Waals surface area contributed by atoms with Gasteiger partial charge in [-0.2, -0.15) is 5.10 Å². The van der Waals surface area contributed by atoms with Crippen molar-refractivity contribution >= 4 is 45.8 Å². The monoisotopic (exact) mass is 370 g/mol. The quantitative estimate of drug-likeness (QED) is 0.568. The van der Waals surface area contributed by atoms with Crippen molar-refractivity contribution in [1.29, 1.82) is 0 Å². The summed E-state index contributed by atoms with van der Waals surface area (Å²) < 4.78 is 5.99. The number of H-pyrrole nitrogens is 1. The third-order valence-electron chi connectivity index (χ3n) is 2.85. The number of nitrogens with one attached hydrogen (secondary N) is 1. The highest BCUT2D eigenvalue weighted by Crippen LogP contribution is 2.17. The Morgan fingerprint density at radius 2 is 2.22 bits per heavy atom. The second-order valence-electron chi connectivity index (χ2n) is 4.01. The molecule has 0 radical (unpaired) electrons. The minimum atomic E-state index is 0.763. The van der Waals surface area contributed by atoms with Crippen molar-refractivity contribution in [2.75, 3.05) is 0 Å². The van der Waals surface area contributed by atoms with Crippen molar-refractivity contribution in [3.8, 4) is 0 Å². The molecule has 1 aromatic carbocycles. The molecule has 18 heavy (non-hydrogen) atoms. The Kier molecular flexibility index (Phi) is 3.21. The molecule has 2 heterocycles. The molecular formula is C12H11IN4S. The van der Waals surface area contributed by atoms with Gasteiger partial charge in [0.25, 0.3) is 0 Å². The maximum Gasteiger partial charge on any atom is 0.178 e. The summed E-state index contributed by atoms with van der Waals surface area (Å²) in [6.45, 7) is 1.64. The van der Waals surface area contributed by atoms with E-state index in [1.54, 1.807) is 6.20 Å². The van der Waals surface area contributed by atoms with Crippen molar-refractivity contribution in [1.82, 2.24) is 19.3 Å². The molecule has 3 aromatic rings. The number of hydrogen-bond donors (Lipinski definition) is 1. The zero-order valence-electron chi connectivity index (χ0n) is 9.51. The first kappa shape index (κ1) is 11.9. The summed E-state index contributed by atoms with van der Waals surface area (Å²) in [5.41, 5.74) is 2.24. The molecule has 0 spiro atoms. The maximum absolute atomic E-state index is 5.37. The molecule has 3 rings (SSSR count). The first-order valence-electron chi connectivity index (χ1n) is 5.59. The standard InChI is InChI=1S/C12H11IN4S/c13-9-2-3-11-10(8-9)15-12(18)17(11)7-6-16-5-1-4-14-16/h1-5,8H,6-7H2,(H,15,18). The number of fused-ring (bicyclic) bond motifs is 1. The second-order valence-corrected chi connectivity index (χ2v) is 5.64. The summed E-state index contributed by atoms with van der Waals surface area (Å²) in [5.74, 6) is 0. The van der Waals surface area contributed by atoms with Crippen LogP contribution < -0.4 is 0 Å². The number of imidazole rings is 1. The van der Waals surface area contributed by atoms with Crippen molar-refractivity contribution in [2.45, 2.75) is 13.1 Å². The predicted molar refractivity (Wildman–Crippen MR) is 82.1 cm³/mol. The number of aromatic nitrogens is 4. The van der Waals surface area contributed by atoms with Crippen LogP contribution in [0.1, 0.15) is 0 Å². The average molecular weight is 370 g/mol. The van der Waals surface area contributed by atoms with Crippen LogP contribution in [0.3, 0.4) is 0 Å². The van der Waals surface area contributed by atoms with E-state index in [1.807, 2.05) is 16.9 Å². The van der Waals surface area contributed by atoms with Crippen LogP contribution in [0.4, 0.5) is 0 Å². The lowest BCUT2D eigenvalue weighted by molar-refractivity contribution is 0.538. The fraction of sp³-hybridized carbons (Fsp3) is 0.167. The third kappa shape index (κ3) is 2.22. The summed E-state index contributed by atoms with van der Waals surface area (Å²) in [6, 6.07) is 8.23. The lowest BCUT2D eigenvalue weighted by Gasteiger charge is -2.04.